The third-order valence-electron chi connectivity index (χ3n) is 2.61. The molecule has 1 aliphatic rings. The van der Waals surface area contributed by atoms with Gasteiger partial charge in [-0.15, -0.1) is 0 Å². The van der Waals surface area contributed by atoms with Gasteiger partial charge in [0.1, 0.15) is 0 Å². The van der Waals surface area contributed by atoms with Crippen LogP contribution in [-0.4, -0.2) is 37.2 Å². The molecule has 1 saturated heterocycles. The third-order valence-corrected chi connectivity index (χ3v) is 2.61. The van der Waals surface area contributed by atoms with E-state index >= 15 is 0 Å². The lowest BCUT2D eigenvalue weighted by atomic mass is 10.1. The van der Waals surface area contributed by atoms with Gasteiger partial charge < -0.3 is 9.64 Å². The van der Waals surface area contributed by atoms with Crippen LogP contribution >= 0.6 is 0 Å². The van der Waals surface area contributed by atoms with Crippen LogP contribution in [0.1, 0.15) is 27.2 Å². The highest BCUT2D eigenvalue weighted by atomic mass is 16.5. The zero-order valence-electron chi connectivity index (χ0n) is 8.55. The summed E-state index contributed by atoms with van der Waals surface area (Å²) in [5.74, 6) is 0.785. The van der Waals surface area contributed by atoms with Crippen molar-refractivity contribution >= 4 is 0 Å². The van der Waals surface area contributed by atoms with E-state index in [0.29, 0.717) is 6.04 Å². The van der Waals surface area contributed by atoms with Crippen molar-refractivity contribution in [3.05, 3.63) is 0 Å². The van der Waals surface area contributed by atoms with Gasteiger partial charge in [-0.25, -0.2) is 0 Å². The number of hydrogen-bond donors (Lipinski definition) is 0. The largest absolute Gasteiger partial charge is 0.381 e. The predicted octanol–water partition coefficient (Wildman–Crippen LogP) is 1.75. The standard InChI is InChI=1S/C10H21NO/c1-4-12-8-10-5-6-11(7-10)9(2)3/h9-10H,4-8H2,1-3H3/t10-/m0/s1. The summed E-state index contributed by atoms with van der Waals surface area (Å²) in [5.41, 5.74) is 0. The zero-order chi connectivity index (χ0) is 8.97. The molecule has 0 aromatic carbocycles. The van der Waals surface area contributed by atoms with Crippen LogP contribution in [0.15, 0.2) is 0 Å². The highest BCUT2D eigenvalue weighted by Crippen LogP contribution is 2.18. The van der Waals surface area contributed by atoms with Crippen molar-refractivity contribution in [3.8, 4) is 0 Å². The van der Waals surface area contributed by atoms with Crippen LogP contribution in [0.4, 0.5) is 0 Å². The second kappa shape index (κ2) is 4.83. The minimum absolute atomic E-state index is 0.705. The molecule has 2 heteroatoms. The first-order valence-corrected chi connectivity index (χ1v) is 5.05. The molecular formula is C10H21NO. The second-order valence-corrected chi connectivity index (χ2v) is 3.90. The van der Waals surface area contributed by atoms with Crippen molar-refractivity contribution in [1.82, 2.24) is 4.90 Å². The Bertz CT molecular complexity index is 125. The first-order chi connectivity index (χ1) is 5.74. The van der Waals surface area contributed by atoms with Gasteiger partial charge in [0.05, 0.1) is 6.61 Å². The Morgan fingerprint density at radius 2 is 2.25 bits per heavy atom. The average molecular weight is 171 g/mol. The lowest BCUT2D eigenvalue weighted by Gasteiger charge is -2.20. The summed E-state index contributed by atoms with van der Waals surface area (Å²) < 4.78 is 5.42. The molecule has 0 bridgehead atoms. The molecule has 1 heterocycles. The van der Waals surface area contributed by atoms with Gasteiger partial charge in [-0.3, -0.25) is 0 Å². The minimum atomic E-state index is 0.705. The zero-order valence-corrected chi connectivity index (χ0v) is 8.55. The molecule has 0 aliphatic carbocycles. The fourth-order valence-electron chi connectivity index (χ4n) is 1.75. The highest BCUT2D eigenvalue weighted by molar-refractivity contribution is 4.77. The maximum Gasteiger partial charge on any atom is 0.0506 e. The molecule has 72 valence electrons. The topological polar surface area (TPSA) is 12.5 Å². The minimum Gasteiger partial charge on any atom is -0.381 e. The summed E-state index contributed by atoms with van der Waals surface area (Å²) >= 11 is 0. The van der Waals surface area contributed by atoms with Gasteiger partial charge in [0, 0.05) is 19.2 Å². The van der Waals surface area contributed by atoms with Crippen LogP contribution in [0, 0.1) is 5.92 Å². The summed E-state index contributed by atoms with van der Waals surface area (Å²) in [6.45, 7) is 10.9. The first-order valence-electron chi connectivity index (χ1n) is 5.05. The summed E-state index contributed by atoms with van der Waals surface area (Å²) in [6, 6.07) is 0.705. The monoisotopic (exact) mass is 171 g/mol. The number of hydrogen-bond acceptors (Lipinski definition) is 2. The Balaban J connectivity index is 2.17. The van der Waals surface area contributed by atoms with Crippen LogP contribution in [0.3, 0.4) is 0 Å². The van der Waals surface area contributed by atoms with Gasteiger partial charge in [0.2, 0.25) is 0 Å². The van der Waals surface area contributed by atoms with Gasteiger partial charge >= 0.3 is 0 Å². The van der Waals surface area contributed by atoms with E-state index in [1.807, 2.05) is 0 Å². The van der Waals surface area contributed by atoms with Crippen molar-refractivity contribution in [2.24, 2.45) is 5.92 Å². The highest BCUT2D eigenvalue weighted by Gasteiger charge is 2.23. The molecule has 0 aromatic rings. The van der Waals surface area contributed by atoms with Crippen LogP contribution < -0.4 is 0 Å². The number of rotatable bonds is 4. The van der Waals surface area contributed by atoms with E-state index in [1.165, 1.54) is 19.5 Å². The third kappa shape index (κ3) is 2.76. The maximum absolute atomic E-state index is 5.42. The van der Waals surface area contributed by atoms with Gasteiger partial charge in [-0.05, 0) is 39.7 Å². The molecule has 1 rings (SSSR count). The van der Waals surface area contributed by atoms with Crippen molar-refractivity contribution in [2.45, 2.75) is 33.2 Å². The van der Waals surface area contributed by atoms with Gasteiger partial charge in [-0.1, -0.05) is 0 Å². The van der Waals surface area contributed by atoms with Crippen LogP contribution in [0.5, 0.6) is 0 Å². The van der Waals surface area contributed by atoms with Crippen molar-refractivity contribution in [1.29, 1.82) is 0 Å². The molecule has 0 unspecified atom stereocenters. The number of nitrogens with zero attached hydrogens (tertiary/aromatic N) is 1. The SMILES string of the molecule is CCOC[C@H]1CCN(C(C)C)C1. The van der Waals surface area contributed by atoms with E-state index in [4.69, 9.17) is 4.74 Å². The van der Waals surface area contributed by atoms with E-state index in [2.05, 4.69) is 25.7 Å². The van der Waals surface area contributed by atoms with Gasteiger partial charge in [0.25, 0.3) is 0 Å². The predicted molar refractivity (Wildman–Crippen MR) is 51.3 cm³/mol. The molecule has 12 heavy (non-hydrogen) atoms. The van der Waals surface area contributed by atoms with E-state index in [9.17, 15) is 0 Å². The lowest BCUT2D eigenvalue weighted by Crippen LogP contribution is -2.28. The molecule has 0 amide bonds. The summed E-state index contributed by atoms with van der Waals surface area (Å²) in [5, 5.41) is 0. The average Bonchev–Trinajstić information content (AvgIpc) is 2.48. The van der Waals surface area contributed by atoms with Crippen molar-refractivity contribution in [2.75, 3.05) is 26.3 Å². The summed E-state index contributed by atoms with van der Waals surface area (Å²) in [6.07, 6.45) is 1.32. The fourth-order valence-corrected chi connectivity index (χ4v) is 1.75. The first kappa shape index (κ1) is 10.0. The van der Waals surface area contributed by atoms with E-state index in [-0.39, 0.29) is 0 Å². The molecule has 0 aromatic heterocycles. The second-order valence-electron chi connectivity index (χ2n) is 3.90. The molecule has 1 fully saturated rings. The Labute approximate surface area is 75.9 Å². The number of likely N-dealkylation sites (tertiary alicyclic amines) is 1. The normalized spacial score (nSPS) is 25.5. The molecule has 1 aliphatic heterocycles. The number of ether oxygens (including phenoxy) is 1. The molecule has 0 spiro atoms. The van der Waals surface area contributed by atoms with E-state index in [1.54, 1.807) is 0 Å². The molecule has 0 radical (unpaired) electrons. The van der Waals surface area contributed by atoms with E-state index in [0.717, 1.165) is 19.1 Å². The molecular weight excluding hydrogens is 150 g/mol. The lowest BCUT2D eigenvalue weighted by molar-refractivity contribution is 0.110. The molecule has 0 saturated carbocycles. The Hall–Kier alpha value is -0.0800. The molecule has 1 atom stereocenters. The Kier molecular flexibility index (Phi) is 4.02. The van der Waals surface area contributed by atoms with Crippen LogP contribution in [0.2, 0.25) is 0 Å². The van der Waals surface area contributed by atoms with E-state index < -0.39 is 0 Å². The van der Waals surface area contributed by atoms with Crippen LogP contribution in [-0.2, 0) is 4.74 Å². The summed E-state index contributed by atoms with van der Waals surface area (Å²) in [4.78, 5) is 2.53. The molecule has 0 N–H and O–H groups in total. The van der Waals surface area contributed by atoms with Crippen LogP contribution in [0.25, 0.3) is 0 Å². The summed E-state index contributed by atoms with van der Waals surface area (Å²) in [7, 11) is 0. The maximum atomic E-state index is 5.42. The smallest absolute Gasteiger partial charge is 0.0506 e. The quantitative estimate of drug-likeness (QED) is 0.639. The van der Waals surface area contributed by atoms with Crippen molar-refractivity contribution < 1.29 is 4.74 Å². The van der Waals surface area contributed by atoms with Gasteiger partial charge in [0.15, 0.2) is 0 Å². The Morgan fingerprint density at radius 1 is 1.50 bits per heavy atom. The van der Waals surface area contributed by atoms with Crippen molar-refractivity contribution in [3.63, 3.8) is 0 Å². The fraction of sp³-hybridized carbons (Fsp3) is 1.00. The Morgan fingerprint density at radius 3 is 2.75 bits per heavy atom. The molecule has 2 nitrogen and oxygen atoms in total. The van der Waals surface area contributed by atoms with Gasteiger partial charge in [-0.2, -0.15) is 0 Å².